The van der Waals surface area contributed by atoms with E-state index in [-0.39, 0.29) is 18.1 Å². The van der Waals surface area contributed by atoms with Crippen LogP contribution >= 0.6 is 51.1 Å². The van der Waals surface area contributed by atoms with E-state index < -0.39 is 23.6 Å². The molecule has 0 aliphatic heterocycles. The van der Waals surface area contributed by atoms with Crippen molar-refractivity contribution in [3.8, 4) is 5.75 Å². The Morgan fingerprint density at radius 2 is 1.90 bits per heavy atom. The van der Waals surface area contributed by atoms with E-state index in [1.54, 1.807) is 42.5 Å². The fraction of sp³-hybridized carbons (Fsp3) is 0.333. The van der Waals surface area contributed by atoms with E-state index in [2.05, 4.69) is 56.5 Å². The first kappa shape index (κ1) is 24.8. The Hall–Kier alpha value is -1.46. The van der Waals surface area contributed by atoms with Gasteiger partial charge in [0, 0.05) is 24.7 Å². The van der Waals surface area contributed by atoms with E-state index in [1.165, 1.54) is 0 Å². The lowest BCUT2D eigenvalue weighted by molar-refractivity contribution is -0.141. The average Bonchev–Trinajstić information content (AvgIpc) is 2.69. The Morgan fingerprint density at radius 3 is 2.53 bits per heavy atom. The Kier molecular flexibility index (Phi) is 9.30. The summed E-state index contributed by atoms with van der Waals surface area (Å²) in [5, 5.41) is 13.1. The van der Waals surface area contributed by atoms with Crippen molar-refractivity contribution in [1.82, 2.24) is 0 Å². The Bertz CT molecular complexity index is 891. The number of nitrogens with one attached hydrogen (secondary N) is 1. The minimum absolute atomic E-state index is 0.00633. The molecule has 1 amide bonds. The number of amides is 1. The number of anilines is 1. The van der Waals surface area contributed by atoms with E-state index in [0.29, 0.717) is 17.7 Å². The highest BCUT2D eigenvalue weighted by Crippen LogP contribution is 2.43. The van der Waals surface area contributed by atoms with Crippen molar-refractivity contribution < 1.29 is 24.2 Å². The van der Waals surface area contributed by atoms with Gasteiger partial charge in [0.25, 0.3) is 0 Å². The maximum Gasteiger partial charge on any atom is 0.412 e. The minimum atomic E-state index is -0.780. The Labute approximate surface area is 203 Å². The quantitative estimate of drug-likeness (QED) is 0.197. The third-order valence-corrected chi connectivity index (χ3v) is 5.89. The van der Waals surface area contributed by atoms with Gasteiger partial charge in [-0.05, 0) is 71.5 Å². The highest BCUT2D eigenvalue weighted by atomic mass is 127. The second-order valence-corrected chi connectivity index (χ2v) is 9.72. The maximum absolute atomic E-state index is 12.6. The molecule has 162 valence electrons. The van der Waals surface area contributed by atoms with Crippen molar-refractivity contribution in [1.29, 1.82) is 0 Å². The average molecular weight is 608 g/mol. The number of hydrogen-bond acceptors (Lipinski definition) is 6. The van der Waals surface area contributed by atoms with Gasteiger partial charge in [0.15, 0.2) is 0 Å². The Morgan fingerprint density at radius 1 is 1.23 bits per heavy atom. The lowest BCUT2D eigenvalue weighted by atomic mass is 9.79. The summed E-state index contributed by atoms with van der Waals surface area (Å²) in [6, 6.07) is 12.2. The standard InChI is InChI=1S/C21H23BrINO5S/c1-21(2,9-10-28-18(26)12-30)19(16-11-14(23)5-8-17(16)25)29-20(27)24-15-6-3-13(22)4-7-15/h3-8,11,19,25,30H,9-10,12H2,1-2H3,(H,24,27)/t19-/m0/s1. The topological polar surface area (TPSA) is 84.9 Å². The van der Waals surface area contributed by atoms with Crippen LogP contribution in [0.25, 0.3) is 0 Å². The van der Waals surface area contributed by atoms with Gasteiger partial charge in [0.05, 0.1) is 12.4 Å². The molecular weight excluding hydrogens is 585 g/mol. The number of carbonyl (C=O) groups is 2. The third-order valence-electron chi connectivity index (χ3n) is 4.44. The minimum Gasteiger partial charge on any atom is -0.508 e. The molecule has 2 rings (SSSR count). The first-order valence-corrected chi connectivity index (χ1v) is 11.6. The molecule has 0 unspecified atom stereocenters. The number of halogens is 2. The van der Waals surface area contributed by atoms with Crippen LogP contribution in [0, 0.1) is 8.99 Å². The molecule has 1 atom stereocenters. The molecule has 0 saturated heterocycles. The predicted molar refractivity (Wildman–Crippen MR) is 131 cm³/mol. The third kappa shape index (κ3) is 7.35. The molecule has 0 heterocycles. The smallest absolute Gasteiger partial charge is 0.412 e. The molecule has 6 nitrogen and oxygen atoms in total. The molecule has 2 N–H and O–H groups in total. The number of rotatable bonds is 8. The molecule has 2 aromatic carbocycles. The lowest BCUT2D eigenvalue weighted by Crippen LogP contribution is -2.30. The van der Waals surface area contributed by atoms with Gasteiger partial charge in [0.2, 0.25) is 0 Å². The van der Waals surface area contributed by atoms with Crippen LogP contribution in [-0.4, -0.2) is 29.5 Å². The molecule has 0 aliphatic rings. The van der Waals surface area contributed by atoms with Crippen LogP contribution in [0.3, 0.4) is 0 Å². The Balaban J connectivity index is 2.24. The molecule has 0 saturated carbocycles. The summed E-state index contributed by atoms with van der Waals surface area (Å²) in [6.07, 6.45) is -1.02. The predicted octanol–water partition coefficient (Wildman–Crippen LogP) is 5.94. The van der Waals surface area contributed by atoms with Crippen LogP contribution in [-0.2, 0) is 14.3 Å². The zero-order valence-electron chi connectivity index (χ0n) is 16.5. The number of aromatic hydroxyl groups is 1. The van der Waals surface area contributed by atoms with Crippen molar-refractivity contribution >= 4 is 68.9 Å². The van der Waals surface area contributed by atoms with Crippen molar-refractivity contribution in [3.63, 3.8) is 0 Å². The summed E-state index contributed by atoms with van der Waals surface area (Å²) in [5.41, 5.74) is 0.420. The van der Waals surface area contributed by atoms with Crippen molar-refractivity contribution in [3.05, 3.63) is 56.1 Å². The fourth-order valence-electron chi connectivity index (χ4n) is 2.77. The summed E-state index contributed by atoms with van der Waals surface area (Å²) in [4.78, 5) is 24.0. The van der Waals surface area contributed by atoms with Gasteiger partial charge in [-0.1, -0.05) is 29.8 Å². The summed E-state index contributed by atoms with van der Waals surface area (Å²) < 4.78 is 12.7. The fourth-order valence-corrected chi connectivity index (χ4v) is 3.64. The van der Waals surface area contributed by atoms with Gasteiger partial charge in [-0.25, -0.2) is 4.79 Å². The van der Waals surface area contributed by atoms with E-state index in [4.69, 9.17) is 9.47 Å². The molecule has 0 aliphatic carbocycles. The van der Waals surface area contributed by atoms with Crippen LogP contribution in [0.1, 0.15) is 31.9 Å². The first-order valence-electron chi connectivity index (χ1n) is 9.10. The maximum atomic E-state index is 12.6. The zero-order valence-corrected chi connectivity index (χ0v) is 21.2. The number of esters is 1. The number of carbonyl (C=O) groups excluding carboxylic acids is 2. The highest BCUT2D eigenvalue weighted by molar-refractivity contribution is 14.1. The van der Waals surface area contributed by atoms with Crippen LogP contribution in [0.5, 0.6) is 5.75 Å². The lowest BCUT2D eigenvalue weighted by Gasteiger charge is -2.34. The van der Waals surface area contributed by atoms with E-state index in [0.717, 1.165) is 8.04 Å². The van der Waals surface area contributed by atoms with Gasteiger partial charge in [-0.3, -0.25) is 10.1 Å². The van der Waals surface area contributed by atoms with Crippen molar-refractivity contribution in [2.45, 2.75) is 26.4 Å². The number of hydrogen-bond donors (Lipinski definition) is 3. The molecule has 30 heavy (non-hydrogen) atoms. The first-order chi connectivity index (χ1) is 14.1. The number of ether oxygens (including phenoxy) is 2. The van der Waals surface area contributed by atoms with Gasteiger partial charge in [0.1, 0.15) is 11.9 Å². The van der Waals surface area contributed by atoms with Crippen LogP contribution < -0.4 is 5.32 Å². The van der Waals surface area contributed by atoms with Crippen LogP contribution in [0.2, 0.25) is 0 Å². The van der Waals surface area contributed by atoms with E-state index in [1.807, 2.05) is 13.8 Å². The SMILES string of the molecule is CC(C)(CCOC(=O)CS)[C@@H](OC(=O)Nc1ccc(Br)cc1)c1cc(I)ccc1O. The summed E-state index contributed by atoms with van der Waals surface area (Å²) >= 11 is 9.37. The van der Waals surface area contributed by atoms with E-state index >= 15 is 0 Å². The van der Waals surface area contributed by atoms with Gasteiger partial charge in [-0.2, -0.15) is 12.6 Å². The molecule has 9 heteroatoms. The molecular formula is C21H23BrINO5S. The van der Waals surface area contributed by atoms with Crippen molar-refractivity contribution in [2.24, 2.45) is 5.41 Å². The highest BCUT2D eigenvalue weighted by Gasteiger charge is 2.36. The molecule has 0 spiro atoms. The molecule has 0 radical (unpaired) electrons. The molecule has 0 bridgehead atoms. The molecule has 2 aromatic rings. The van der Waals surface area contributed by atoms with Crippen LogP contribution in [0.4, 0.5) is 10.5 Å². The normalized spacial score (nSPS) is 12.2. The number of phenolic OH excluding ortho intramolecular Hbond substituents is 1. The van der Waals surface area contributed by atoms with Gasteiger partial charge in [-0.15, -0.1) is 0 Å². The molecule has 0 fully saturated rings. The van der Waals surface area contributed by atoms with E-state index in [9.17, 15) is 14.7 Å². The van der Waals surface area contributed by atoms with Crippen LogP contribution in [0.15, 0.2) is 46.9 Å². The number of phenols is 1. The largest absolute Gasteiger partial charge is 0.508 e. The van der Waals surface area contributed by atoms with Crippen molar-refractivity contribution in [2.75, 3.05) is 17.7 Å². The summed E-state index contributed by atoms with van der Waals surface area (Å²) in [6.45, 7) is 3.92. The zero-order chi connectivity index (χ0) is 22.3. The van der Waals surface area contributed by atoms with Gasteiger partial charge < -0.3 is 14.6 Å². The summed E-state index contributed by atoms with van der Waals surface area (Å²) in [5.74, 6) is -0.401. The summed E-state index contributed by atoms with van der Waals surface area (Å²) in [7, 11) is 0. The monoisotopic (exact) mass is 607 g/mol. The molecule has 0 aromatic heterocycles. The second kappa shape index (κ2) is 11.2. The number of benzene rings is 2. The second-order valence-electron chi connectivity index (χ2n) is 7.24. The number of thiol groups is 1. The van der Waals surface area contributed by atoms with Gasteiger partial charge >= 0.3 is 12.1 Å².